The van der Waals surface area contributed by atoms with Crippen LogP contribution in [0.5, 0.6) is 0 Å². The molecule has 0 saturated heterocycles. The van der Waals surface area contributed by atoms with Crippen LogP contribution in [0.1, 0.15) is 64.1 Å². The highest BCUT2D eigenvalue weighted by Gasteiger charge is 2.23. The number of nitrogens with one attached hydrogen (secondary N) is 3. The van der Waals surface area contributed by atoms with Crippen LogP contribution in [0.15, 0.2) is 120 Å². The summed E-state index contributed by atoms with van der Waals surface area (Å²) in [5.74, 6) is 0. The molecule has 56 heavy (non-hydrogen) atoms. The topological polar surface area (TPSA) is 171 Å². The molecule has 13 nitrogen and oxygen atoms in total. The lowest BCUT2D eigenvalue weighted by Gasteiger charge is -2.26. The van der Waals surface area contributed by atoms with Crippen LogP contribution in [0.2, 0.25) is 10.0 Å². The van der Waals surface area contributed by atoms with E-state index in [4.69, 9.17) is 23.2 Å². The summed E-state index contributed by atoms with van der Waals surface area (Å²) in [7, 11) is -3.96. The summed E-state index contributed by atoms with van der Waals surface area (Å²) in [4.78, 5) is 26.5. The van der Waals surface area contributed by atoms with E-state index >= 15 is 0 Å². The molecular weight excluding hydrogens is 773 g/mol. The van der Waals surface area contributed by atoms with Gasteiger partial charge in [0.1, 0.15) is 11.4 Å². The Bertz CT molecular complexity index is 2700. The summed E-state index contributed by atoms with van der Waals surface area (Å²) in [5.41, 5.74) is 3.60. The smallest absolute Gasteiger partial charge is 0.293 e. The highest BCUT2D eigenvalue weighted by atomic mass is 35.5. The number of sulfonamides is 1. The SMILES string of the molecule is Cc1[nH]n(-c2ccccc2)c(=O)c1N=Nc1cc(Cl)c(N=Nc2c(C)[nH]n(-c3ccc(S(=O)(=O)Nc4cc(C(C)(C)C)cc(C(C)(C)C)c4)cc3)c2=O)cc1Cl. The predicted molar refractivity (Wildman–Crippen MR) is 222 cm³/mol. The number of halogens is 2. The van der Waals surface area contributed by atoms with Gasteiger partial charge in [-0.05, 0) is 96.5 Å². The van der Waals surface area contributed by atoms with Gasteiger partial charge in [0.15, 0.2) is 11.4 Å². The van der Waals surface area contributed by atoms with Gasteiger partial charge in [0.2, 0.25) is 0 Å². The Kier molecular flexibility index (Phi) is 10.9. The van der Waals surface area contributed by atoms with Crippen molar-refractivity contribution in [3.63, 3.8) is 0 Å². The fraction of sp³-hybridized carbons (Fsp3) is 0.250. The maximum Gasteiger partial charge on any atom is 0.299 e. The van der Waals surface area contributed by atoms with Crippen molar-refractivity contribution in [3.8, 4) is 11.4 Å². The second-order valence-electron chi connectivity index (χ2n) is 15.3. The third kappa shape index (κ3) is 8.47. The summed E-state index contributed by atoms with van der Waals surface area (Å²) in [6, 6.07) is 23.6. The second kappa shape index (κ2) is 15.2. The second-order valence-corrected chi connectivity index (χ2v) is 17.8. The first-order valence-electron chi connectivity index (χ1n) is 17.5. The quantitative estimate of drug-likeness (QED) is 0.123. The lowest BCUT2D eigenvalue weighted by Crippen LogP contribution is -2.19. The number of aryl methyl sites for hydroxylation is 2. The van der Waals surface area contributed by atoms with Crippen LogP contribution in [0.3, 0.4) is 0 Å². The number of aromatic nitrogens is 4. The molecule has 2 aromatic heterocycles. The van der Waals surface area contributed by atoms with E-state index in [9.17, 15) is 18.0 Å². The number of hydrogen-bond donors (Lipinski definition) is 3. The Morgan fingerprint density at radius 3 is 1.46 bits per heavy atom. The molecular formula is C40H41Cl2N9O4S. The number of para-hydroxylation sites is 1. The molecule has 0 spiro atoms. The number of anilines is 1. The minimum absolute atomic E-state index is 0.00493. The summed E-state index contributed by atoms with van der Waals surface area (Å²) in [6.45, 7) is 15.9. The third-order valence-corrected chi connectivity index (χ3v) is 11.0. The van der Waals surface area contributed by atoms with Crippen LogP contribution in [0.4, 0.5) is 28.4 Å². The van der Waals surface area contributed by atoms with Gasteiger partial charge in [0, 0.05) is 5.69 Å². The zero-order valence-electron chi connectivity index (χ0n) is 32.1. The Morgan fingerprint density at radius 2 is 1.04 bits per heavy atom. The van der Waals surface area contributed by atoms with Crippen LogP contribution in [0, 0.1) is 13.8 Å². The summed E-state index contributed by atoms with van der Waals surface area (Å²) in [6.07, 6.45) is 0. The summed E-state index contributed by atoms with van der Waals surface area (Å²) in [5, 5.41) is 22.8. The van der Waals surface area contributed by atoms with E-state index in [1.807, 2.05) is 30.3 Å². The van der Waals surface area contributed by atoms with Crippen LogP contribution >= 0.6 is 23.2 Å². The number of azo groups is 2. The van der Waals surface area contributed by atoms with Crippen molar-refractivity contribution in [2.75, 3.05) is 4.72 Å². The van der Waals surface area contributed by atoms with E-state index in [2.05, 4.69) is 83.0 Å². The fourth-order valence-corrected chi connectivity index (χ4v) is 7.11. The van der Waals surface area contributed by atoms with E-state index in [1.165, 1.54) is 45.8 Å². The van der Waals surface area contributed by atoms with Gasteiger partial charge in [-0.1, -0.05) is 89.0 Å². The molecule has 6 rings (SSSR count). The zero-order valence-corrected chi connectivity index (χ0v) is 34.4. The molecule has 0 fully saturated rings. The zero-order chi connectivity index (χ0) is 40.7. The first kappa shape index (κ1) is 40.1. The van der Waals surface area contributed by atoms with Crippen molar-refractivity contribution in [1.29, 1.82) is 0 Å². The van der Waals surface area contributed by atoms with Gasteiger partial charge in [-0.2, -0.15) is 0 Å². The number of rotatable bonds is 9. The largest absolute Gasteiger partial charge is 0.299 e. The maximum absolute atomic E-state index is 13.5. The van der Waals surface area contributed by atoms with E-state index in [-0.39, 0.29) is 54.1 Å². The standard InChI is InChI=1S/C40H41Cl2N9O4S/c1-23-35(37(52)50(47-23)28-12-10-9-11-13-28)45-43-33-21-32(42)34(22-31(33)41)44-46-36-24(2)48-51(38(36)53)29-14-16-30(17-15-29)56(54,55)49-27-19-25(39(3,4)5)18-26(20-27)40(6,7)8/h9-22,47-49H,1-8H3. The van der Waals surface area contributed by atoms with E-state index < -0.39 is 15.6 Å². The fourth-order valence-electron chi connectivity index (χ4n) is 5.68. The molecule has 0 unspecified atom stereocenters. The number of aromatic amines is 2. The van der Waals surface area contributed by atoms with Gasteiger partial charge in [0.05, 0.1) is 37.7 Å². The monoisotopic (exact) mass is 813 g/mol. The number of hydrogen-bond acceptors (Lipinski definition) is 8. The maximum atomic E-state index is 13.5. The minimum atomic E-state index is -3.96. The van der Waals surface area contributed by atoms with Crippen molar-refractivity contribution in [1.82, 2.24) is 19.6 Å². The molecule has 0 aliphatic rings. The van der Waals surface area contributed by atoms with Gasteiger partial charge in [0.25, 0.3) is 21.1 Å². The molecule has 0 saturated carbocycles. The third-order valence-electron chi connectivity index (χ3n) is 8.95. The number of nitrogens with zero attached hydrogens (tertiary/aromatic N) is 6. The first-order valence-corrected chi connectivity index (χ1v) is 19.8. The molecule has 0 amide bonds. The highest BCUT2D eigenvalue weighted by molar-refractivity contribution is 7.92. The first-order chi connectivity index (χ1) is 26.2. The number of benzene rings is 4. The lowest BCUT2D eigenvalue weighted by molar-refractivity contribution is 0.568. The Morgan fingerprint density at radius 1 is 0.607 bits per heavy atom. The van der Waals surface area contributed by atoms with Crippen molar-refractivity contribution in [2.24, 2.45) is 20.5 Å². The number of H-pyrrole nitrogens is 2. The molecule has 2 heterocycles. The summed E-state index contributed by atoms with van der Waals surface area (Å²) >= 11 is 13.0. The van der Waals surface area contributed by atoms with Gasteiger partial charge in [-0.15, -0.1) is 20.5 Å². The molecule has 6 aromatic rings. The molecule has 0 aliphatic heterocycles. The van der Waals surface area contributed by atoms with E-state index in [0.717, 1.165) is 11.1 Å². The molecule has 0 bridgehead atoms. The van der Waals surface area contributed by atoms with E-state index in [0.29, 0.717) is 28.5 Å². The molecule has 0 atom stereocenters. The molecule has 4 aromatic carbocycles. The molecule has 290 valence electrons. The normalized spacial score (nSPS) is 12.6. The average molecular weight is 815 g/mol. The van der Waals surface area contributed by atoms with Crippen LogP contribution in [-0.2, 0) is 20.9 Å². The Balaban J connectivity index is 1.20. The minimum Gasteiger partial charge on any atom is -0.293 e. The van der Waals surface area contributed by atoms with Crippen molar-refractivity contribution in [3.05, 3.63) is 138 Å². The van der Waals surface area contributed by atoms with Crippen LogP contribution < -0.4 is 15.8 Å². The van der Waals surface area contributed by atoms with Gasteiger partial charge in [-0.3, -0.25) is 24.5 Å². The summed E-state index contributed by atoms with van der Waals surface area (Å²) < 4.78 is 32.4. The lowest BCUT2D eigenvalue weighted by atomic mass is 9.80. The van der Waals surface area contributed by atoms with Gasteiger partial charge >= 0.3 is 0 Å². The van der Waals surface area contributed by atoms with Gasteiger partial charge < -0.3 is 0 Å². The molecule has 0 radical (unpaired) electrons. The van der Waals surface area contributed by atoms with Crippen LogP contribution in [0.25, 0.3) is 11.4 Å². The molecule has 0 aliphatic carbocycles. The Labute approximate surface area is 334 Å². The van der Waals surface area contributed by atoms with Crippen molar-refractivity contribution in [2.45, 2.75) is 71.1 Å². The molecule has 16 heteroatoms. The van der Waals surface area contributed by atoms with E-state index in [1.54, 1.807) is 26.0 Å². The van der Waals surface area contributed by atoms with Crippen molar-refractivity contribution >= 4 is 61.7 Å². The molecule has 3 N–H and O–H groups in total. The van der Waals surface area contributed by atoms with Crippen molar-refractivity contribution < 1.29 is 8.42 Å². The Hall–Kier alpha value is -5.57. The average Bonchev–Trinajstić information content (AvgIpc) is 3.58. The van der Waals surface area contributed by atoms with Crippen LogP contribution in [-0.4, -0.2) is 28.0 Å². The highest BCUT2D eigenvalue weighted by Crippen LogP contribution is 2.38. The van der Waals surface area contributed by atoms with Gasteiger partial charge in [-0.25, -0.2) is 17.8 Å². The predicted octanol–water partition coefficient (Wildman–Crippen LogP) is 10.8.